The van der Waals surface area contributed by atoms with E-state index >= 15 is 0 Å². The Morgan fingerprint density at radius 1 is 1.05 bits per heavy atom. The van der Waals surface area contributed by atoms with Crippen molar-refractivity contribution in [2.45, 2.75) is 17.1 Å². The van der Waals surface area contributed by atoms with E-state index in [1.54, 1.807) is 55.5 Å². The number of hydrogen-bond donors (Lipinski definition) is 0. The predicted molar refractivity (Wildman–Crippen MR) is 78.1 cm³/mol. The lowest BCUT2D eigenvalue weighted by Gasteiger charge is -2.10. The number of rotatable bonds is 4. The van der Waals surface area contributed by atoms with Crippen LogP contribution in [0.2, 0.25) is 5.02 Å². The largest absolute Gasteiger partial charge is 0.293 e. The Labute approximate surface area is 119 Å². The summed E-state index contributed by atoms with van der Waals surface area (Å²) in [5, 5.41) is 0.00589. The molecule has 0 saturated carbocycles. The van der Waals surface area contributed by atoms with Crippen molar-refractivity contribution in [1.29, 1.82) is 0 Å². The molecule has 2 aromatic rings. The first-order chi connectivity index (χ1) is 9.09. The molecule has 0 aliphatic carbocycles. The zero-order chi connectivity index (χ0) is 13.8. The van der Waals surface area contributed by atoms with Crippen molar-refractivity contribution >= 4 is 28.2 Å². The van der Waals surface area contributed by atoms with E-state index < -0.39 is 16.0 Å². The third-order valence-electron chi connectivity index (χ3n) is 2.79. The quantitative estimate of drug-likeness (QED) is 0.805. The molecular weight excluding hydrogens is 280 g/mol. The minimum absolute atomic E-state index is 0.117. The van der Waals surface area contributed by atoms with Crippen molar-refractivity contribution in [2.24, 2.45) is 0 Å². The van der Waals surface area contributed by atoms with Crippen molar-refractivity contribution in [2.75, 3.05) is 0 Å². The molecule has 0 radical (unpaired) electrons. The standard InChI is InChI=1S/C15H13ClO2S/c1-11(15(17)12-5-3-2-4-6-12)19(18)14-9-7-13(16)8-10-14/h2-11H,1H3. The van der Waals surface area contributed by atoms with E-state index in [1.807, 2.05) is 6.07 Å². The highest BCUT2D eigenvalue weighted by molar-refractivity contribution is 7.86. The Hall–Kier alpha value is -1.45. The lowest BCUT2D eigenvalue weighted by Crippen LogP contribution is -2.22. The summed E-state index contributed by atoms with van der Waals surface area (Å²) in [5.74, 6) is -0.117. The first kappa shape index (κ1) is 14.0. The van der Waals surface area contributed by atoms with Gasteiger partial charge in [0.05, 0.1) is 16.0 Å². The van der Waals surface area contributed by atoms with Crippen LogP contribution in [0.25, 0.3) is 0 Å². The van der Waals surface area contributed by atoms with Crippen LogP contribution in [-0.4, -0.2) is 15.2 Å². The zero-order valence-electron chi connectivity index (χ0n) is 10.4. The summed E-state index contributed by atoms with van der Waals surface area (Å²) in [5.41, 5.74) is 0.581. The van der Waals surface area contributed by atoms with Crippen molar-refractivity contribution in [3.63, 3.8) is 0 Å². The van der Waals surface area contributed by atoms with Gasteiger partial charge in [0, 0.05) is 15.5 Å². The molecule has 0 fully saturated rings. The van der Waals surface area contributed by atoms with Crippen LogP contribution in [0.5, 0.6) is 0 Å². The minimum atomic E-state index is -1.38. The molecular formula is C15H13ClO2S. The van der Waals surface area contributed by atoms with Crippen LogP contribution >= 0.6 is 11.6 Å². The smallest absolute Gasteiger partial charge is 0.178 e. The number of carbonyl (C=O) groups excluding carboxylic acids is 1. The van der Waals surface area contributed by atoms with Crippen LogP contribution in [0.3, 0.4) is 0 Å². The molecule has 0 amide bonds. The molecule has 0 bridgehead atoms. The van der Waals surface area contributed by atoms with Gasteiger partial charge in [-0.15, -0.1) is 0 Å². The molecule has 2 atom stereocenters. The Morgan fingerprint density at radius 2 is 1.63 bits per heavy atom. The fourth-order valence-electron chi connectivity index (χ4n) is 1.71. The third-order valence-corrected chi connectivity index (χ3v) is 4.64. The maximum Gasteiger partial charge on any atom is 0.178 e. The normalized spacial score (nSPS) is 13.8. The van der Waals surface area contributed by atoms with Crippen molar-refractivity contribution < 1.29 is 9.00 Å². The number of ketones is 1. The van der Waals surface area contributed by atoms with Crippen LogP contribution in [0.4, 0.5) is 0 Å². The van der Waals surface area contributed by atoms with Gasteiger partial charge in [0.25, 0.3) is 0 Å². The summed E-state index contributed by atoms with van der Waals surface area (Å²) in [7, 11) is -1.38. The molecule has 0 saturated heterocycles. The molecule has 0 aliphatic heterocycles. The molecule has 2 unspecified atom stereocenters. The maximum absolute atomic E-state index is 12.3. The first-order valence-corrected chi connectivity index (χ1v) is 7.44. The van der Waals surface area contributed by atoms with E-state index in [0.717, 1.165) is 0 Å². The van der Waals surface area contributed by atoms with Crippen LogP contribution in [0.15, 0.2) is 59.5 Å². The van der Waals surface area contributed by atoms with Gasteiger partial charge >= 0.3 is 0 Å². The fourth-order valence-corrected chi connectivity index (χ4v) is 2.98. The van der Waals surface area contributed by atoms with E-state index in [-0.39, 0.29) is 5.78 Å². The molecule has 2 aromatic carbocycles. The SMILES string of the molecule is CC(C(=O)c1ccccc1)S(=O)c1ccc(Cl)cc1. The van der Waals surface area contributed by atoms with Crippen molar-refractivity contribution in [3.05, 3.63) is 65.2 Å². The number of Topliss-reactive ketones (excluding diaryl/α,β-unsaturated/α-hetero) is 1. The molecule has 98 valence electrons. The second-order valence-corrected chi connectivity index (χ2v) is 6.33. The first-order valence-electron chi connectivity index (χ1n) is 5.85. The maximum atomic E-state index is 12.3. The fraction of sp³-hybridized carbons (Fsp3) is 0.133. The summed E-state index contributed by atoms with van der Waals surface area (Å²) in [6.07, 6.45) is 0. The van der Waals surface area contributed by atoms with Crippen molar-refractivity contribution in [1.82, 2.24) is 0 Å². The van der Waals surface area contributed by atoms with Gasteiger partial charge in [-0.25, -0.2) is 0 Å². The molecule has 19 heavy (non-hydrogen) atoms. The number of benzene rings is 2. The third kappa shape index (κ3) is 3.31. The summed E-state index contributed by atoms with van der Waals surface area (Å²) in [6, 6.07) is 15.6. The van der Waals surface area contributed by atoms with Gasteiger partial charge in [-0.2, -0.15) is 0 Å². The van der Waals surface area contributed by atoms with E-state index in [4.69, 9.17) is 11.6 Å². The lowest BCUT2D eigenvalue weighted by atomic mass is 10.1. The zero-order valence-corrected chi connectivity index (χ0v) is 11.9. The van der Waals surface area contributed by atoms with Gasteiger partial charge in [-0.1, -0.05) is 41.9 Å². The highest BCUT2D eigenvalue weighted by Gasteiger charge is 2.22. The Bertz CT molecular complexity index is 593. The van der Waals surface area contributed by atoms with E-state index in [9.17, 15) is 9.00 Å². The average molecular weight is 293 g/mol. The number of carbonyl (C=O) groups is 1. The average Bonchev–Trinajstić information content (AvgIpc) is 2.46. The van der Waals surface area contributed by atoms with Crippen LogP contribution in [0.1, 0.15) is 17.3 Å². The summed E-state index contributed by atoms with van der Waals surface area (Å²) in [4.78, 5) is 12.8. The second kappa shape index (κ2) is 6.13. The van der Waals surface area contributed by atoms with Crippen molar-refractivity contribution in [3.8, 4) is 0 Å². The molecule has 4 heteroatoms. The summed E-state index contributed by atoms with van der Waals surface area (Å²) >= 11 is 5.79. The van der Waals surface area contributed by atoms with E-state index in [0.29, 0.717) is 15.5 Å². The summed E-state index contributed by atoms with van der Waals surface area (Å²) < 4.78 is 12.3. The molecule has 0 N–H and O–H groups in total. The Balaban J connectivity index is 2.20. The highest BCUT2D eigenvalue weighted by Crippen LogP contribution is 2.17. The van der Waals surface area contributed by atoms with E-state index in [2.05, 4.69) is 0 Å². The van der Waals surface area contributed by atoms with E-state index in [1.165, 1.54) is 0 Å². The topological polar surface area (TPSA) is 34.1 Å². The van der Waals surface area contributed by atoms with Gasteiger partial charge in [0.15, 0.2) is 5.78 Å². The predicted octanol–water partition coefficient (Wildman–Crippen LogP) is 3.72. The second-order valence-electron chi connectivity index (χ2n) is 4.12. The van der Waals surface area contributed by atoms with Crippen LogP contribution in [0, 0.1) is 0 Å². The summed E-state index contributed by atoms with van der Waals surface area (Å²) in [6.45, 7) is 1.68. The molecule has 0 heterocycles. The molecule has 0 aromatic heterocycles. The molecule has 0 spiro atoms. The number of hydrogen-bond acceptors (Lipinski definition) is 2. The lowest BCUT2D eigenvalue weighted by molar-refractivity contribution is 0.0992. The highest BCUT2D eigenvalue weighted by atomic mass is 35.5. The van der Waals surface area contributed by atoms with Crippen LogP contribution in [-0.2, 0) is 10.8 Å². The minimum Gasteiger partial charge on any atom is -0.293 e. The molecule has 2 nitrogen and oxygen atoms in total. The Morgan fingerprint density at radius 3 is 2.21 bits per heavy atom. The van der Waals surface area contributed by atoms with Gasteiger partial charge in [-0.05, 0) is 31.2 Å². The van der Waals surface area contributed by atoms with Gasteiger partial charge in [0.2, 0.25) is 0 Å². The number of halogens is 1. The monoisotopic (exact) mass is 292 g/mol. The van der Waals surface area contributed by atoms with Gasteiger partial charge in [0.1, 0.15) is 0 Å². The van der Waals surface area contributed by atoms with Gasteiger partial charge in [-0.3, -0.25) is 9.00 Å². The Kier molecular flexibility index (Phi) is 4.51. The molecule has 0 aliphatic rings. The van der Waals surface area contributed by atoms with Gasteiger partial charge < -0.3 is 0 Å². The van der Waals surface area contributed by atoms with Crippen LogP contribution < -0.4 is 0 Å². The molecule has 2 rings (SSSR count).